The van der Waals surface area contributed by atoms with Crippen LogP contribution in [-0.2, 0) is 21.2 Å². The number of nitrogens with one attached hydrogen (secondary N) is 2. The van der Waals surface area contributed by atoms with Gasteiger partial charge in [0, 0.05) is 10.7 Å². The van der Waals surface area contributed by atoms with Crippen molar-refractivity contribution in [1.29, 1.82) is 0 Å². The van der Waals surface area contributed by atoms with E-state index in [4.69, 9.17) is 11.6 Å². The van der Waals surface area contributed by atoms with Crippen molar-refractivity contribution in [3.8, 4) is 0 Å². The number of sulfonamides is 1. The standard InChI is InChI=1S/C22H21ClN2O3S/c1-16-6-5-9-19(14-16)24-22(26)21(15-17-7-3-2-4-8-17)25-29(27,28)20-12-10-18(23)11-13-20/h2-14,21,25H,15H2,1H3,(H,24,26)/t21-/m0/s1. The second-order valence-electron chi connectivity index (χ2n) is 6.68. The Labute approximate surface area is 175 Å². The Kier molecular flexibility index (Phi) is 6.69. The Balaban J connectivity index is 1.85. The van der Waals surface area contributed by atoms with Crippen molar-refractivity contribution in [3.63, 3.8) is 0 Å². The van der Waals surface area contributed by atoms with Crippen LogP contribution in [0.1, 0.15) is 11.1 Å². The van der Waals surface area contributed by atoms with Crippen LogP contribution in [0.2, 0.25) is 5.02 Å². The van der Waals surface area contributed by atoms with Gasteiger partial charge in [-0.1, -0.05) is 54.1 Å². The van der Waals surface area contributed by atoms with Gasteiger partial charge in [-0.05, 0) is 60.9 Å². The molecular formula is C22H21ClN2O3S. The smallest absolute Gasteiger partial charge is 0.242 e. The lowest BCUT2D eigenvalue weighted by atomic mass is 10.1. The van der Waals surface area contributed by atoms with Crippen molar-refractivity contribution in [3.05, 3.63) is 95.0 Å². The molecule has 0 unspecified atom stereocenters. The minimum Gasteiger partial charge on any atom is -0.325 e. The van der Waals surface area contributed by atoms with Gasteiger partial charge in [-0.2, -0.15) is 4.72 Å². The van der Waals surface area contributed by atoms with E-state index in [1.54, 1.807) is 6.07 Å². The molecule has 29 heavy (non-hydrogen) atoms. The lowest BCUT2D eigenvalue weighted by Gasteiger charge is -2.19. The molecule has 0 aliphatic heterocycles. The minimum atomic E-state index is -3.91. The molecule has 150 valence electrons. The third-order valence-corrected chi connectivity index (χ3v) is 6.05. The second kappa shape index (κ2) is 9.22. The quantitative estimate of drug-likeness (QED) is 0.592. The van der Waals surface area contributed by atoms with E-state index in [1.807, 2.05) is 55.5 Å². The van der Waals surface area contributed by atoms with Gasteiger partial charge in [-0.3, -0.25) is 4.79 Å². The molecule has 1 amide bonds. The number of anilines is 1. The molecule has 0 radical (unpaired) electrons. The summed E-state index contributed by atoms with van der Waals surface area (Å²) in [6, 6.07) is 21.4. The summed E-state index contributed by atoms with van der Waals surface area (Å²) in [5, 5.41) is 3.23. The molecule has 0 spiro atoms. The predicted molar refractivity (Wildman–Crippen MR) is 116 cm³/mol. The maximum absolute atomic E-state index is 12.9. The highest BCUT2D eigenvalue weighted by molar-refractivity contribution is 7.89. The number of hydrogen-bond donors (Lipinski definition) is 2. The third-order valence-electron chi connectivity index (χ3n) is 4.31. The lowest BCUT2D eigenvalue weighted by Crippen LogP contribution is -2.45. The van der Waals surface area contributed by atoms with Gasteiger partial charge in [0.05, 0.1) is 4.90 Å². The van der Waals surface area contributed by atoms with Crippen molar-refractivity contribution >= 4 is 33.2 Å². The highest BCUT2D eigenvalue weighted by atomic mass is 35.5. The van der Waals surface area contributed by atoms with E-state index >= 15 is 0 Å². The van der Waals surface area contributed by atoms with Crippen molar-refractivity contribution in [2.24, 2.45) is 0 Å². The third kappa shape index (κ3) is 5.90. The zero-order valence-corrected chi connectivity index (χ0v) is 17.4. The summed E-state index contributed by atoms with van der Waals surface area (Å²) in [6.45, 7) is 1.92. The lowest BCUT2D eigenvalue weighted by molar-refractivity contribution is -0.117. The fourth-order valence-electron chi connectivity index (χ4n) is 2.86. The van der Waals surface area contributed by atoms with Gasteiger partial charge in [-0.25, -0.2) is 8.42 Å². The summed E-state index contributed by atoms with van der Waals surface area (Å²) in [4.78, 5) is 13.0. The molecule has 0 heterocycles. The fourth-order valence-corrected chi connectivity index (χ4v) is 4.18. The van der Waals surface area contributed by atoms with Crippen LogP contribution in [-0.4, -0.2) is 20.4 Å². The van der Waals surface area contributed by atoms with Crippen molar-refractivity contribution in [2.45, 2.75) is 24.3 Å². The molecule has 3 aromatic carbocycles. The second-order valence-corrected chi connectivity index (χ2v) is 8.83. The number of benzene rings is 3. The number of halogens is 1. The number of hydrogen-bond acceptors (Lipinski definition) is 3. The molecule has 3 aromatic rings. The largest absolute Gasteiger partial charge is 0.325 e. The first-order chi connectivity index (χ1) is 13.8. The van der Waals surface area contributed by atoms with Crippen molar-refractivity contribution in [2.75, 3.05) is 5.32 Å². The molecule has 0 aliphatic carbocycles. The first kappa shape index (κ1) is 21.0. The number of carbonyl (C=O) groups excluding carboxylic acids is 1. The van der Waals surface area contributed by atoms with Crippen LogP contribution in [0.15, 0.2) is 83.8 Å². The Hall–Kier alpha value is -2.67. The van der Waals surface area contributed by atoms with Gasteiger partial charge in [0.15, 0.2) is 0 Å². The average Bonchev–Trinajstić information content (AvgIpc) is 2.68. The van der Waals surface area contributed by atoms with Crippen LogP contribution < -0.4 is 10.0 Å². The molecular weight excluding hydrogens is 408 g/mol. The molecule has 0 fully saturated rings. The molecule has 5 nitrogen and oxygen atoms in total. The summed E-state index contributed by atoms with van der Waals surface area (Å²) in [5.74, 6) is -0.433. The van der Waals surface area contributed by atoms with Gasteiger partial charge in [0.25, 0.3) is 0 Å². The van der Waals surface area contributed by atoms with Gasteiger partial charge in [0.1, 0.15) is 6.04 Å². The Morgan fingerprint density at radius 1 is 0.966 bits per heavy atom. The van der Waals surface area contributed by atoms with Crippen LogP contribution in [0, 0.1) is 6.92 Å². The molecule has 3 rings (SSSR count). The fraction of sp³-hybridized carbons (Fsp3) is 0.136. The number of carbonyl (C=O) groups is 1. The van der Waals surface area contributed by atoms with Crippen LogP contribution in [0.5, 0.6) is 0 Å². The molecule has 0 bridgehead atoms. The van der Waals surface area contributed by atoms with Gasteiger partial charge < -0.3 is 5.32 Å². The molecule has 0 aromatic heterocycles. The Bertz CT molecular complexity index is 1080. The number of amides is 1. The normalized spacial score (nSPS) is 12.3. The number of aryl methyl sites for hydroxylation is 1. The Morgan fingerprint density at radius 3 is 2.31 bits per heavy atom. The van der Waals surface area contributed by atoms with Crippen molar-refractivity contribution in [1.82, 2.24) is 4.72 Å². The van der Waals surface area contributed by atoms with Crippen LogP contribution in [0.3, 0.4) is 0 Å². The molecule has 7 heteroatoms. The van der Waals surface area contributed by atoms with Gasteiger partial charge in [0.2, 0.25) is 15.9 Å². The van der Waals surface area contributed by atoms with E-state index in [1.165, 1.54) is 24.3 Å². The first-order valence-electron chi connectivity index (χ1n) is 9.03. The summed E-state index contributed by atoms with van der Waals surface area (Å²) in [5.41, 5.74) is 2.44. The summed E-state index contributed by atoms with van der Waals surface area (Å²) < 4.78 is 28.2. The highest BCUT2D eigenvalue weighted by Gasteiger charge is 2.26. The summed E-state index contributed by atoms with van der Waals surface area (Å²) in [6.07, 6.45) is 0.214. The van der Waals surface area contributed by atoms with Gasteiger partial charge >= 0.3 is 0 Å². The van der Waals surface area contributed by atoms with E-state index in [9.17, 15) is 13.2 Å². The van der Waals surface area contributed by atoms with Gasteiger partial charge in [-0.15, -0.1) is 0 Å². The topological polar surface area (TPSA) is 75.3 Å². The van der Waals surface area contributed by atoms with E-state index in [2.05, 4.69) is 10.0 Å². The van der Waals surface area contributed by atoms with Crippen LogP contribution in [0.4, 0.5) is 5.69 Å². The SMILES string of the molecule is Cc1cccc(NC(=O)[C@H](Cc2ccccc2)NS(=O)(=O)c2ccc(Cl)cc2)c1. The van der Waals surface area contributed by atoms with Crippen LogP contribution >= 0.6 is 11.6 Å². The van der Waals surface area contributed by atoms with Crippen LogP contribution in [0.25, 0.3) is 0 Å². The summed E-state index contributed by atoms with van der Waals surface area (Å²) in [7, 11) is -3.91. The maximum Gasteiger partial charge on any atom is 0.242 e. The van der Waals surface area contributed by atoms with Crippen molar-refractivity contribution < 1.29 is 13.2 Å². The molecule has 0 saturated heterocycles. The van der Waals surface area contributed by atoms with E-state index in [-0.39, 0.29) is 11.3 Å². The Morgan fingerprint density at radius 2 is 1.66 bits per heavy atom. The highest BCUT2D eigenvalue weighted by Crippen LogP contribution is 2.16. The zero-order chi connectivity index (χ0) is 20.9. The average molecular weight is 429 g/mol. The van der Waals surface area contributed by atoms with E-state index in [0.717, 1.165) is 11.1 Å². The molecule has 0 aliphatic rings. The monoisotopic (exact) mass is 428 g/mol. The number of rotatable bonds is 7. The van der Waals surface area contributed by atoms with E-state index < -0.39 is 22.0 Å². The predicted octanol–water partition coefficient (Wildman–Crippen LogP) is 4.18. The molecule has 0 saturated carbocycles. The summed E-state index contributed by atoms with van der Waals surface area (Å²) >= 11 is 5.85. The molecule has 2 N–H and O–H groups in total. The van der Waals surface area contributed by atoms with E-state index in [0.29, 0.717) is 10.7 Å². The zero-order valence-electron chi connectivity index (χ0n) is 15.8. The minimum absolute atomic E-state index is 0.0447. The maximum atomic E-state index is 12.9. The first-order valence-corrected chi connectivity index (χ1v) is 10.9. The molecule has 1 atom stereocenters.